The molecule has 50 heavy (non-hydrogen) atoms. The molecule has 264 valence electrons. The molecule has 0 atom stereocenters. The highest BCUT2D eigenvalue weighted by molar-refractivity contribution is 9.10. The molecule has 2 fully saturated rings. The second-order valence-electron chi connectivity index (χ2n) is 14.5. The van der Waals surface area contributed by atoms with Crippen LogP contribution < -0.4 is 16.7 Å². The SMILES string of the molecule is CC(C)(C)OC(=O)N1CC(Nc2c(N)cnc3ccc(Br)cc23)C1.CC(C)(C)OC(=O)N1CC(n2c(=O)[nH]c3cnc4ccc(Br)cc4c32)C1. The number of rotatable bonds is 3. The van der Waals surface area contributed by atoms with Gasteiger partial charge in [-0.2, -0.15) is 0 Å². The average molecular weight is 813 g/mol. The summed E-state index contributed by atoms with van der Waals surface area (Å²) in [6.45, 7) is 13.2. The Kier molecular flexibility index (Phi) is 9.50. The molecule has 2 aliphatic rings. The number of likely N-dealkylation sites (tertiary alicyclic amines) is 2. The smallest absolute Gasteiger partial charge is 0.410 e. The first-order valence-electron chi connectivity index (χ1n) is 16.2. The van der Waals surface area contributed by atoms with Gasteiger partial charge in [-0.3, -0.25) is 14.5 Å². The molecule has 2 aromatic carbocycles. The van der Waals surface area contributed by atoms with Crippen LogP contribution in [-0.2, 0) is 9.47 Å². The first-order chi connectivity index (χ1) is 23.5. The Balaban J connectivity index is 0.000000174. The van der Waals surface area contributed by atoms with Crippen LogP contribution in [0.5, 0.6) is 0 Å². The molecule has 5 aromatic rings. The summed E-state index contributed by atoms with van der Waals surface area (Å²) >= 11 is 6.96. The monoisotopic (exact) mass is 810 g/mol. The van der Waals surface area contributed by atoms with Crippen molar-refractivity contribution in [3.05, 3.63) is 68.2 Å². The fourth-order valence-corrected chi connectivity index (χ4v) is 6.53. The summed E-state index contributed by atoms with van der Waals surface area (Å²) in [5.74, 6) is 0. The Labute approximate surface area is 305 Å². The minimum atomic E-state index is -0.534. The van der Waals surface area contributed by atoms with Gasteiger partial charge in [-0.25, -0.2) is 14.4 Å². The number of hydrogen-bond acceptors (Lipinski definition) is 9. The van der Waals surface area contributed by atoms with Crippen LogP contribution >= 0.6 is 31.9 Å². The van der Waals surface area contributed by atoms with Crippen LogP contribution in [0, 0.1) is 0 Å². The number of anilines is 2. The molecule has 0 spiro atoms. The zero-order valence-electron chi connectivity index (χ0n) is 28.7. The summed E-state index contributed by atoms with van der Waals surface area (Å²) in [7, 11) is 0. The number of hydrogen-bond donors (Lipinski definition) is 3. The topological polar surface area (TPSA) is 161 Å². The number of halogens is 2. The Hall–Kier alpha value is -4.37. The van der Waals surface area contributed by atoms with Crippen LogP contribution in [0.1, 0.15) is 47.6 Å². The second-order valence-corrected chi connectivity index (χ2v) is 16.3. The maximum absolute atomic E-state index is 12.5. The van der Waals surface area contributed by atoms with E-state index >= 15 is 0 Å². The fraction of sp³-hybridized carbons (Fsp3) is 0.400. The standard InChI is InChI=1S/C18H19BrN4O3.C17H21BrN4O2/c1-18(2,3)26-17(25)22-8-11(9-22)23-15-12-6-10(19)4-5-13(12)20-7-14(15)21-16(23)24;1-17(2,3)24-16(23)22-8-11(9-22)21-15-12-6-10(18)4-5-14(12)20-7-13(15)19/h4-7,11H,8-9H2,1-3H3,(H,21,24);4-7,11H,8-9,19H2,1-3H3,(H,20,21). The van der Waals surface area contributed by atoms with E-state index in [4.69, 9.17) is 15.2 Å². The van der Waals surface area contributed by atoms with Gasteiger partial charge in [0.25, 0.3) is 0 Å². The average Bonchev–Trinajstić information content (AvgIpc) is 3.29. The molecule has 0 radical (unpaired) electrons. The third-order valence-electron chi connectivity index (χ3n) is 8.12. The fourth-order valence-electron chi connectivity index (χ4n) is 5.81. The Morgan fingerprint density at radius 2 is 1.36 bits per heavy atom. The van der Waals surface area contributed by atoms with Crippen LogP contribution in [0.4, 0.5) is 21.0 Å². The maximum atomic E-state index is 12.5. The molecular formula is C35H40Br2N8O5. The van der Waals surface area contributed by atoms with E-state index in [0.29, 0.717) is 37.4 Å². The quantitative estimate of drug-likeness (QED) is 0.174. The number of H-pyrrole nitrogens is 1. The number of nitrogen functional groups attached to an aromatic ring is 1. The van der Waals surface area contributed by atoms with Crippen molar-refractivity contribution in [1.29, 1.82) is 0 Å². The van der Waals surface area contributed by atoms with Crippen LogP contribution in [0.25, 0.3) is 32.8 Å². The Morgan fingerprint density at radius 1 is 0.840 bits per heavy atom. The van der Waals surface area contributed by atoms with Crippen molar-refractivity contribution >= 4 is 88.3 Å². The summed E-state index contributed by atoms with van der Waals surface area (Å²) in [5, 5.41) is 5.28. The third-order valence-corrected chi connectivity index (χ3v) is 9.11. The molecule has 3 aromatic heterocycles. The first-order valence-corrected chi connectivity index (χ1v) is 17.8. The lowest BCUT2D eigenvalue weighted by molar-refractivity contribution is 0.00110. The molecule has 0 unspecified atom stereocenters. The number of aromatic nitrogens is 4. The lowest BCUT2D eigenvalue weighted by atomic mass is 10.1. The predicted octanol–water partition coefficient (Wildman–Crippen LogP) is 7.04. The van der Waals surface area contributed by atoms with Gasteiger partial charge in [0.05, 0.1) is 57.9 Å². The van der Waals surface area contributed by atoms with Crippen LogP contribution in [0.15, 0.2) is 62.5 Å². The predicted molar refractivity (Wildman–Crippen MR) is 201 cm³/mol. The number of pyridine rings is 2. The van der Waals surface area contributed by atoms with Gasteiger partial charge in [0.2, 0.25) is 0 Å². The zero-order valence-corrected chi connectivity index (χ0v) is 31.9. The zero-order chi connectivity index (χ0) is 36.1. The van der Waals surface area contributed by atoms with Crippen molar-refractivity contribution in [1.82, 2.24) is 29.3 Å². The van der Waals surface area contributed by atoms with Crippen molar-refractivity contribution < 1.29 is 19.1 Å². The Bertz CT molecular complexity index is 2150. The number of carbonyl (C=O) groups excluding carboxylic acids is 2. The lowest BCUT2D eigenvalue weighted by Gasteiger charge is -2.40. The van der Waals surface area contributed by atoms with E-state index in [2.05, 4.69) is 52.1 Å². The largest absolute Gasteiger partial charge is 0.444 e. The normalized spacial score (nSPS) is 15.4. The van der Waals surface area contributed by atoms with Crippen molar-refractivity contribution in [3.63, 3.8) is 0 Å². The second kappa shape index (κ2) is 13.4. The highest BCUT2D eigenvalue weighted by Gasteiger charge is 2.37. The minimum Gasteiger partial charge on any atom is -0.444 e. The number of aromatic amines is 1. The van der Waals surface area contributed by atoms with E-state index in [9.17, 15) is 14.4 Å². The van der Waals surface area contributed by atoms with Gasteiger partial charge in [-0.05, 0) is 77.9 Å². The number of nitrogens with one attached hydrogen (secondary N) is 2. The first kappa shape index (κ1) is 35.5. The summed E-state index contributed by atoms with van der Waals surface area (Å²) < 4.78 is 14.4. The number of carbonyl (C=O) groups is 2. The van der Waals surface area contributed by atoms with Crippen molar-refractivity contribution in [2.45, 2.75) is 64.8 Å². The maximum Gasteiger partial charge on any atom is 0.410 e. The molecular weight excluding hydrogens is 772 g/mol. The number of nitrogens with zero attached hydrogens (tertiary/aromatic N) is 5. The number of ether oxygens (including phenoxy) is 2. The summed E-state index contributed by atoms with van der Waals surface area (Å²) in [5.41, 5.74) is 9.54. The van der Waals surface area contributed by atoms with E-state index in [1.807, 2.05) is 77.9 Å². The van der Waals surface area contributed by atoms with Gasteiger partial charge in [0.1, 0.15) is 11.2 Å². The van der Waals surface area contributed by atoms with Crippen LogP contribution in [0.3, 0.4) is 0 Å². The highest BCUT2D eigenvalue weighted by Crippen LogP contribution is 2.33. The molecule has 2 aliphatic heterocycles. The minimum absolute atomic E-state index is 0.0895. The van der Waals surface area contributed by atoms with Gasteiger partial charge >= 0.3 is 17.9 Å². The number of benzene rings is 2. The number of nitrogens with two attached hydrogens (primary N) is 1. The lowest BCUT2D eigenvalue weighted by Crippen LogP contribution is -2.58. The third kappa shape index (κ3) is 7.68. The van der Waals surface area contributed by atoms with Gasteiger partial charge < -0.3 is 35.3 Å². The van der Waals surface area contributed by atoms with Gasteiger partial charge in [0.15, 0.2) is 0 Å². The molecule has 15 heteroatoms. The van der Waals surface area contributed by atoms with Gasteiger partial charge in [-0.1, -0.05) is 31.9 Å². The van der Waals surface area contributed by atoms with E-state index < -0.39 is 11.2 Å². The number of fused-ring (bicyclic) bond motifs is 4. The number of imidazole rings is 1. The van der Waals surface area contributed by atoms with E-state index in [1.54, 1.807) is 26.8 Å². The summed E-state index contributed by atoms with van der Waals surface area (Å²) in [4.78, 5) is 51.6. The molecule has 2 saturated heterocycles. The molecule has 4 N–H and O–H groups in total. The number of amides is 2. The van der Waals surface area contributed by atoms with Crippen LogP contribution in [0.2, 0.25) is 0 Å². The van der Waals surface area contributed by atoms with Gasteiger partial charge in [-0.15, -0.1) is 0 Å². The highest BCUT2D eigenvalue weighted by atomic mass is 79.9. The molecule has 13 nitrogen and oxygen atoms in total. The van der Waals surface area contributed by atoms with Crippen molar-refractivity contribution in [2.24, 2.45) is 0 Å². The molecule has 0 bridgehead atoms. The summed E-state index contributed by atoms with van der Waals surface area (Å²) in [6, 6.07) is 11.7. The molecule has 7 rings (SSSR count). The van der Waals surface area contributed by atoms with Crippen molar-refractivity contribution in [3.8, 4) is 0 Å². The van der Waals surface area contributed by atoms with Crippen LogP contribution in [-0.4, -0.2) is 84.9 Å². The van der Waals surface area contributed by atoms with E-state index in [1.165, 1.54) is 0 Å². The van der Waals surface area contributed by atoms with E-state index in [-0.39, 0.29) is 30.0 Å². The van der Waals surface area contributed by atoms with Gasteiger partial charge in [0, 0.05) is 45.9 Å². The molecule has 0 saturated carbocycles. The molecule has 2 amide bonds. The Morgan fingerprint density at radius 3 is 1.94 bits per heavy atom. The molecule has 5 heterocycles. The van der Waals surface area contributed by atoms with E-state index in [0.717, 1.165) is 42.0 Å². The van der Waals surface area contributed by atoms with Crippen molar-refractivity contribution in [2.75, 3.05) is 37.2 Å². The summed E-state index contributed by atoms with van der Waals surface area (Å²) in [6.07, 6.45) is 2.70. The molecule has 0 aliphatic carbocycles.